The molecular formula is C17H26N6OS. The molecule has 0 saturated carbocycles. The molecule has 0 radical (unpaired) electrons. The summed E-state index contributed by atoms with van der Waals surface area (Å²) >= 11 is 1.71. The molecule has 0 amide bonds. The maximum absolute atomic E-state index is 5.55. The third-order valence-corrected chi connectivity index (χ3v) is 5.92. The lowest BCUT2D eigenvalue weighted by Gasteiger charge is -2.18. The third kappa shape index (κ3) is 4.02. The van der Waals surface area contributed by atoms with Crippen molar-refractivity contribution in [2.75, 3.05) is 37.7 Å². The minimum Gasteiger partial charge on any atom is -0.380 e. The molecule has 0 aliphatic carbocycles. The summed E-state index contributed by atoms with van der Waals surface area (Å²) in [7, 11) is 0. The molecule has 0 aromatic carbocycles. The molecule has 2 aromatic rings. The molecule has 25 heavy (non-hydrogen) atoms. The number of rotatable bonds is 4. The highest BCUT2D eigenvalue weighted by molar-refractivity contribution is 7.15. The molecule has 0 atom stereocenters. The van der Waals surface area contributed by atoms with Crippen LogP contribution in [0.4, 0.5) is 5.13 Å². The van der Waals surface area contributed by atoms with Crippen LogP contribution >= 0.6 is 11.3 Å². The zero-order valence-electron chi connectivity index (χ0n) is 14.9. The molecule has 2 aliphatic rings. The highest BCUT2D eigenvalue weighted by atomic mass is 32.1. The summed E-state index contributed by atoms with van der Waals surface area (Å²) in [5.74, 6) is 0. The number of nitrogens with zero attached hydrogens (tertiary/aromatic N) is 6. The van der Waals surface area contributed by atoms with Crippen molar-refractivity contribution in [1.29, 1.82) is 0 Å². The minimum absolute atomic E-state index is 0.832. The van der Waals surface area contributed by atoms with Gasteiger partial charge in [0.05, 0.1) is 24.5 Å². The lowest BCUT2D eigenvalue weighted by Crippen LogP contribution is -2.26. The van der Waals surface area contributed by atoms with Gasteiger partial charge < -0.3 is 9.64 Å². The van der Waals surface area contributed by atoms with Gasteiger partial charge in [0.2, 0.25) is 5.13 Å². The van der Waals surface area contributed by atoms with Crippen molar-refractivity contribution in [1.82, 2.24) is 24.9 Å². The number of hydrogen-bond acceptors (Lipinski definition) is 7. The summed E-state index contributed by atoms with van der Waals surface area (Å²) in [5.41, 5.74) is 2.46. The molecule has 0 spiro atoms. The second-order valence-corrected chi connectivity index (χ2v) is 7.74. The van der Waals surface area contributed by atoms with E-state index in [1.165, 1.54) is 11.4 Å². The Labute approximate surface area is 152 Å². The summed E-state index contributed by atoms with van der Waals surface area (Å²) in [6.07, 6.45) is 3.15. The van der Waals surface area contributed by atoms with E-state index in [0.29, 0.717) is 0 Å². The van der Waals surface area contributed by atoms with Crippen molar-refractivity contribution >= 4 is 16.5 Å². The van der Waals surface area contributed by atoms with Gasteiger partial charge in [-0.15, -0.1) is 10.2 Å². The van der Waals surface area contributed by atoms with E-state index in [-0.39, 0.29) is 0 Å². The molecular weight excluding hydrogens is 336 g/mol. The summed E-state index contributed by atoms with van der Waals surface area (Å²) in [4.78, 5) is 4.80. The van der Waals surface area contributed by atoms with Crippen molar-refractivity contribution in [3.05, 3.63) is 22.5 Å². The van der Waals surface area contributed by atoms with Crippen LogP contribution in [0.3, 0.4) is 0 Å². The Morgan fingerprint density at radius 2 is 2.08 bits per heavy atom. The predicted molar refractivity (Wildman–Crippen MR) is 97.9 cm³/mol. The van der Waals surface area contributed by atoms with Crippen molar-refractivity contribution < 1.29 is 4.74 Å². The molecule has 0 bridgehead atoms. The number of hydrogen-bond donors (Lipinski definition) is 0. The molecule has 0 N–H and O–H groups in total. The lowest BCUT2D eigenvalue weighted by atomic mass is 10.3. The predicted octanol–water partition coefficient (Wildman–Crippen LogP) is 1.93. The van der Waals surface area contributed by atoms with Crippen molar-refractivity contribution in [3.8, 4) is 0 Å². The van der Waals surface area contributed by atoms with E-state index in [2.05, 4.69) is 37.7 Å². The molecule has 1 saturated heterocycles. The average molecular weight is 363 g/mol. The zero-order valence-corrected chi connectivity index (χ0v) is 15.7. The maximum Gasteiger partial charge on any atom is 0.208 e. The lowest BCUT2D eigenvalue weighted by molar-refractivity contribution is 0.140. The average Bonchev–Trinajstić information content (AvgIpc) is 3.09. The topological polar surface area (TPSA) is 59.3 Å². The number of anilines is 1. The van der Waals surface area contributed by atoms with Crippen LogP contribution in [-0.4, -0.2) is 57.7 Å². The second-order valence-electron chi connectivity index (χ2n) is 6.70. The first-order valence-electron chi connectivity index (χ1n) is 9.25. The fraction of sp³-hybridized carbons (Fsp3) is 0.706. The molecule has 4 heterocycles. The Kier molecular flexibility index (Phi) is 5.28. The molecule has 1 fully saturated rings. The van der Waals surface area contributed by atoms with Crippen LogP contribution in [-0.2, 0) is 30.8 Å². The van der Waals surface area contributed by atoms with Crippen molar-refractivity contribution in [2.45, 2.75) is 45.8 Å². The van der Waals surface area contributed by atoms with Gasteiger partial charge in [0, 0.05) is 39.3 Å². The first-order chi connectivity index (χ1) is 12.3. The molecule has 0 unspecified atom stereocenters. The highest BCUT2D eigenvalue weighted by Gasteiger charge is 2.20. The monoisotopic (exact) mass is 362 g/mol. The normalized spacial score (nSPS) is 19.5. The minimum atomic E-state index is 0.832. The Hall–Kier alpha value is -1.51. The second kappa shape index (κ2) is 7.80. The van der Waals surface area contributed by atoms with Crippen LogP contribution in [0.2, 0.25) is 0 Å². The van der Waals surface area contributed by atoms with Gasteiger partial charge in [-0.1, -0.05) is 18.3 Å². The van der Waals surface area contributed by atoms with Crippen molar-refractivity contribution in [2.24, 2.45) is 0 Å². The van der Waals surface area contributed by atoms with Gasteiger partial charge in [-0.05, 0) is 25.3 Å². The van der Waals surface area contributed by atoms with Crippen LogP contribution < -0.4 is 4.90 Å². The third-order valence-electron chi connectivity index (χ3n) is 4.79. The van der Waals surface area contributed by atoms with Crippen LogP contribution in [0.25, 0.3) is 0 Å². The van der Waals surface area contributed by atoms with E-state index in [9.17, 15) is 0 Å². The van der Waals surface area contributed by atoms with Gasteiger partial charge >= 0.3 is 0 Å². The molecule has 4 rings (SSSR count). The van der Waals surface area contributed by atoms with Crippen LogP contribution in [0.5, 0.6) is 0 Å². The van der Waals surface area contributed by atoms with Crippen LogP contribution in [0.15, 0.2) is 6.07 Å². The summed E-state index contributed by atoms with van der Waals surface area (Å²) in [6, 6.07) is 2.27. The molecule has 8 heteroatoms. The highest BCUT2D eigenvalue weighted by Crippen LogP contribution is 2.25. The largest absolute Gasteiger partial charge is 0.380 e. The molecule has 2 aliphatic heterocycles. The smallest absolute Gasteiger partial charge is 0.208 e. The summed E-state index contributed by atoms with van der Waals surface area (Å²) < 4.78 is 7.73. The van der Waals surface area contributed by atoms with Gasteiger partial charge in [-0.3, -0.25) is 9.58 Å². The molecule has 7 nitrogen and oxygen atoms in total. The zero-order chi connectivity index (χ0) is 17.1. The Bertz CT molecular complexity index is 691. The summed E-state index contributed by atoms with van der Waals surface area (Å²) in [6.45, 7) is 9.72. The van der Waals surface area contributed by atoms with E-state index >= 15 is 0 Å². The van der Waals surface area contributed by atoms with E-state index in [4.69, 9.17) is 9.84 Å². The van der Waals surface area contributed by atoms with Crippen LogP contribution in [0, 0.1) is 0 Å². The summed E-state index contributed by atoms with van der Waals surface area (Å²) in [5, 5.41) is 15.7. The van der Waals surface area contributed by atoms with E-state index in [0.717, 1.165) is 81.9 Å². The van der Waals surface area contributed by atoms with Gasteiger partial charge in [0.1, 0.15) is 5.01 Å². The Balaban J connectivity index is 1.46. The number of aromatic nitrogens is 4. The van der Waals surface area contributed by atoms with Gasteiger partial charge in [0.25, 0.3) is 0 Å². The van der Waals surface area contributed by atoms with E-state index < -0.39 is 0 Å². The SMILES string of the molecule is CCc1nnc(N2CCCn3nc(CN4CCCOCC4)cc3C2)s1. The number of fused-ring (bicyclic) bond motifs is 1. The molecule has 136 valence electrons. The fourth-order valence-corrected chi connectivity index (χ4v) is 4.27. The first-order valence-corrected chi connectivity index (χ1v) is 10.1. The maximum atomic E-state index is 5.55. The fourth-order valence-electron chi connectivity index (χ4n) is 3.46. The molecule has 2 aromatic heterocycles. The van der Waals surface area contributed by atoms with Gasteiger partial charge in [-0.25, -0.2) is 0 Å². The van der Waals surface area contributed by atoms with Crippen molar-refractivity contribution in [3.63, 3.8) is 0 Å². The first kappa shape index (κ1) is 16.9. The Morgan fingerprint density at radius 3 is 2.96 bits per heavy atom. The van der Waals surface area contributed by atoms with Gasteiger partial charge in [0.15, 0.2) is 0 Å². The quantitative estimate of drug-likeness (QED) is 0.828. The number of ether oxygens (including phenoxy) is 1. The van der Waals surface area contributed by atoms with E-state index in [1.54, 1.807) is 11.3 Å². The standard InChI is InChI=1S/C17H26N6OS/c1-2-16-18-19-17(25-16)22-6-3-7-23-15(13-22)11-14(20-23)12-21-5-4-9-24-10-8-21/h11H,2-10,12-13H2,1H3. The number of aryl methyl sites for hydroxylation is 2. The van der Waals surface area contributed by atoms with E-state index in [1.807, 2.05) is 0 Å². The van der Waals surface area contributed by atoms with Gasteiger partial charge in [-0.2, -0.15) is 5.10 Å². The van der Waals surface area contributed by atoms with Crippen LogP contribution in [0.1, 0.15) is 36.2 Å². The Morgan fingerprint density at radius 1 is 1.12 bits per heavy atom.